The van der Waals surface area contributed by atoms with Crippen molar-refractivity contribution in [3.05, 3.63) is 82.0 Å². The van der Waals surface area contributed by atoms with Gasteiger partial charge in [0.2, 0.25) is 11.1 Å². The maximum atomic E-state index is 13.6. The first-order chi connectivity index (χ1) is 13.0. The lowest BCUT2D eigenvalue weighted by Gasteiger charge is -2.06. The van der Waals surface area contributed by atoms with E-state index in [2.05, 4.69) is 20.5 Å². The molecular weight excluding hydrogens is 394 g/mol. The number of hydrogen-bond donors (Lipinski definition) is 1. The Morgan fingerprint density at radius 3 is 2.74 bits per heavy atom. The third kappa shape index (κ3) is 5.22. The molecule has 0 saturated heterocycles. The number of hydrazone groups is 1. The zero-order valence-corrected chi connectivity index (χ0v) is 15.1. The van der Waals surface area contributed by atoms with E-state index in [1.54, 1.807) is 48.5 Å². The van der Waals surface area contributed by atoms with Gasteiger partial charge in [-0.2, -0.15) is 14.5 Å². The molecule has 0 spiro atoms. The topological polar surface area (TPSA) is 76.5 Å². The molecule has 0 aliphatic rings. The van der Waals surface area contributed by atoms with Gasteiger partial charge < -0.3 is 4.74 Å². The van der Waals surface area contributed by atoms with Crippen molar-refractivity contribution in [2.45, 2.75) is 0 Å². The summed E-state index contributed by atoms with van der Waals surface area (Å²) in [5.74, 6) is -1.10. The molecule has 27 heavy (non-hydrogen) atoms. The minimum absolute atomic E-state index is 0.131. The molecule has 2 aromatic carbocycles. The fraction of sp³-hybridized carbons (Fsp3) is 0. The molecule has 3 aromatic rings. The van der Waals surface area contributed by atoms with Crippen molar-refractivity contribution < 1.29 is 13.9 Å². The van der Waals surface area contributed by atoms with Gasteiger partial charge in [-0.25, -0.2) is 10.4 Å². The summed E-state index contributed by atoms with van der Waals surface area (Å²) in [4.78, 5) is 19.2. The van der Waals surface area contributed by atoms with Crippen LogP contribution in [-0.4, -0.2) is 22.1 Å². The van der Waals surface area contributed by atoms with E-state index in [-0.39, 0.29) is 17.1 Å². The lowest BCUT2D eigenvalue weighted by atomic mass is 10.2. The van der Waals surface area contributed by atoms with Gasteiger partial charge in [0.25, 0.3) is 11.8 Å². The fourth-order valence-electron chi connectivity index (χ4n) is 2.00. The van der Waals surface area contributed by atoms with Crippen LogP contribution in [0, 0.1) is 5.82 Å². The van der Waals surface area contributed by atoms with Crippen LogP contribution >= 0.6 is 23.2 Å². The van der Waals surface area contributed by atoms with Crippen molar-refractivity contribution in [2.75, 3.05) is 0 Å². The average Bonchev–Trinajstić information content (AvgIpc) is 2.65. The van der Waals surface area contributed by atoms with E-state index >= 15 is 0 Å². The molecule has 136 valence electrons. The van der Waals surface area contributed by atoms with Gasteiger partial charge in [-0.1, -0.05) is 23.7 Å². The Morgan fingerprint density at radius 2 is 1.96 bits per heavy atom. The van der Waals surface area contributed by atoms with Gasteiger partial charge in [-0.3, -0.25) is 4.79 Å². The highest BCUT2D eigenvalue weighted by atomic mass is 35.5. The van der Waals surface area contributed by atoms with Crippen LogP contribution in [0.3, 0.4) is 0 Å². The molecule has 0 radical (unpaired) electrons. The van der Waals surface area contributed by atoms with Gasteiger partial charge in [-0.05, 0) is 53.6 Å². The van der Waals surface area contributed by atoms with Crippen LogP contribution in [0.2, 0.25) is 10.3 Å². The van der Waals surface area contributed by atoms with Crippen LogP contribution in [0.4, 0.5) is 4.39 Å². The van der Waals surface area contributed by atoms with Crippen LogP contribution in [0.1, 0.15) is 15.9 Å². The first-order valence-electron chi connectivity index (χ1n) is 7.56. The number of benzene rings is 2. The third-order valence-electron chi connectivity index (χ3n) is 3.24. The van der Waals surface area contributed by atoms with Crippen molar-refractivity contribution >= 4 is 35.3 Å². The highest BCUT2D eigenvalue weighted by Gasteiger charge is 2.09. The summed E-state index contributed by atoms with van der Waals surface area (Å²) >= 11 is 11.4. The molecule has 1 amide bonds. The number of nitrogens with one attached hydrogen (secondary N) is 1. The highest BCUT2D eigenvalue weighted by Crippen LogP contribution is 2.23. The normalized spacial score (nSPS) is 10.8. The predicted molar refractivity (Wildman–Crippen MR) is 100 cm³/mol. The number of amides is 1. The van der Waals surface area contributed by atoms with Crippen molar-refractivity contribution in [3.8, 4) is 11.6 Å². The quantitative estimate of drug-likeness (QED) is 0.386. The minimum atomic E-state index is -0.742. The molecule has 0 unspecified atom stereocenters. The number of carbonyl (C=O) groups excluding carboxylic acids is 1. The zero-order valence-electron chi connectivity index (χ0n) is 13.6. The molecule has 0 fully saturated rings. The first-order valence-corrected chi connectivity index (χ1v) is 8.32. The number of ether oxygens (including phenoxy) is 1. The highest BCUT2D eigenvalue weighted by molar-refractivity contribution is 6.30. The number of nitrogens with zero attached hydrogens (tertiary/aromatic N) is 3. The Morgan fingerprint density at radius 1 is 1.19 bits per heavy atom. The molecule has 0 aliphatic carbocycles. The average molecular weight is 405 g/mol. The maximum Gasteiger partial charge on any atom is 0.271 e. The molecule has 3 rings (SSSR count). The number of carbonyl (C=O) groups is 1. The molecule has 0 atom stereocenters. The Bertz CT molecular complexity index is 997. The van der Waals surface area contributed by atoms with Gasteiger partial charge in [-0.15, -0.1) is 0 Å². The fourth-order valence-corrected chi connectivity index (χ4v) is 2.26. The summed E-state index contributed by atoms with van der Waals surface area (Å²) in [5, 5.41) is 4.29. The molecule has 6 nitrogen and oxygen atoms in total. The Kier molecular flexibility index (Phi) is 5.95. The molecule has 1 aromatic heterocycles. The maximum absolute atomic E-state index is 13.6. The Labute approximate surface area is 163 Å². The second-order valence-corrected chi connectivity index (χ2v) is 5.95. The molecule has 0 saturated carbocycles. The summed E-state index contributed by atoms with van der Waals surface area (Å²) in [7, 11) is 0. The third-order valence-corrected chi connectivity index (χ3v) is 3.68. The van der Waals surface area contributed by atoms with Gasteiger partial charge in [0, 0.05) is 10.6 Å². The lowest BCUT2D eigenvalue weighted by molar-refractivity contribution is 0.0955. The summed E-state index contributed by atoms with van der Waals surface area (Å²) in [6, 6.07) is 13.0. The van der Waals surface area contributed by atoms with Crippen LogP contribution in [0.5, 0.6) is 11.6 Å². The number of hydrogen-bond acceptors (Lipinski definition) is 5. The lowest BCUT2D eigenvalue weighted by Crippen LogP contribution is -2.17. The summed E-state index contributed by atoms with van der Waals surface area (Å²) < 4.78 is 19.0. The monoisotopic (exact) mass is 404 g/mol. The van der Waals surface area contributed by atoms with Crippen LogP contribution in [0.15, 0.2) is 59.8 Å². The number of rotatable bonds is 5. The van der Waals surface area contributed by atoms with Gasteiger partial charge in [0.1, 0.15) is 5.75 Å². The van der Waals surface area contributed by atoms with Crippen LogP contribution < -0.4 is 10.2 Å². The van der Waals surface area contributed by atoms with Gasteiger partial charge in [0.15, 0.2) is 0 Å². The van der Waals surface area contributed by atoms with E-state index in [1.807, 2.05) is 0 Å². The predicted octanol–water partition coefficient (Wildman–Crippen LogP) is 4.48. The summed E-state index contributed by atoms with van der Waals surface area (Å²) in [6.45, 7) is 0. The van der Waals surface area contributed by atoms with E-state index < -0.39 is 5.82 Å². The molecule has 1 heterocycles. The van der Waals surface area contributed by atoms with Crippen molar-refractivity contribution in [1.82, 2.24) is 15.4 Å². The van der Waals surface area contributed by atoms with Crippen LogP contribution in [-0.2, 0) is 0 Å². The standard InChI is InChI=1S/C18H11Cl2FN4O2/c19-13-6-4-12(5-7-13)16(26)25-23-9-11-2-1-3-14(8-11)27-17-15(21)10-22-18(20)24-17/h1-10H,(H,25,26)/b23-9-. The zero-order chi connectivity index (χ0) is 19.2. The largest absolute Gasteiger partial charge is 0.436 e. The van der Waals surface area contributed by atoms with E-state index in [0.717, 1.165) is 6.20 Å². The Hall–Kier alpha value is -3.03. The molecule has 0 bridgehead atoms. The van der Waals surface area contributed by atoms with Crippen LogP contribution in [0.25, 0.3) is 0 Å². The summed E-state index contributed by atoms with van der Waals surface area (Å²) in [6.07, 6.45) is 2.34. The second-order valence-electron chi connectivity index (χ2n) is 5.17. The van der Waals surface area contributed by atoms with Crippen molar-refractivity contribution in [1.29, 1.82) is 0 Å². The van der Waals surface area contributed by atoms with Gasteiger partial charge in [0.05, 0.1) is 12.4 Å². The smallest absolute Gasteiger partial charge is 0.271 e. The SMILES string of the molecule is O=C(N/N=C\c1cccc(Oc2nc(Cl)ncc2F)c1)c1ccc(Cl)cc1. The molecule has 1 N–H and O–H groups in total. The van der Waals surface area contributed by atoms with Crippen molar-refractivity contribution in [3.63, 3.8) is 0 Å². The van der Waals surface area contributed by atoms with E-state index in [9.17, 15) is 9.18 Å². The molecule has 0 aliphatic heterocycles. The van der Waals surface area contributed by atoms with Gasteiger partial charge >= 0.3 is 0 Å². The molecule has 9 heteroatoms. The summed E-state index contributed by atoms with van der Waals surface area (Å²) in [5.41, 5.74) is 3.44. The minimum Gasteiger partial charge on any atom is -0.436 e. The van der Waals surface area contributed by atoms with E-state index in [0.29, 0.717) is 21.9 Å². The second kappa shape index (κ2) is 8.57. The van der Waals surface area contributed by atoms with Crippen molar-refractivity contribution in [2.24, 2.45) is 5.10 Å². The van der Waals surface area contributed by atoms with E-state index in [1.165, 1.54) is 6.21 Å². The van der Waals surface area contributed by atoms with E-state index in [4.69, 9.17) is 27.9 Å². The Balaban J connectivity index is 1.66. The first kappa shape index (κ1) is 18.8. The molecular formula is C18H11Cl2FN4O2. The number of halogens is 3. The number of aromatic nitrogens is 2.